The number of halogens is 3. The average Bonchev–Trinajstić information content (AvgIpc) is 2.12. The lowest BCUT2D eigenvalue weighted by molar-refractivity contribution is -0.0500. The maximum atomic E-state index is 12.1. The monoisotopic (exact) mass is 298 g/mol. The Bertz CT molecular complexity index is 596. The van der Waals surface area contributed by atoms with E-state index in [4.69, 9.17) is 5.11 Å². The molecule has 1 aromatic carbocycles. The fraction of sp³-hybridized carbons (Fsp3) is 0.300. The lowest BCUT2D eigenvalue weighted by Gasteiger charge is -2.12. The zero-order valence-corrected chi connectivity index (χ0v) is 10.6. The zero-order chi connectivity index (χ0) is 15.0. The summed E-state index contributed by atoms with van der Waals surface area (Å²) in [5.74, 6) is -1.85. The molecule has 1 aromatic rings. The molecule has 0 radical (unpaired) electrons. The fourth-order valence-electron chi connectivity index (χ4n) is 1.48. The van der Waals surface area contributed by atoms with Crippen molar-refractivity contribution in [3.05, 3.63) is 28.8 Å². The number of aryl methyl sites for hydroxylation is 2. The number of carboxylic acids is 1. The van der Waals surface area contributed by atoms with E-state index in [1.165, 1.54) is 13.8 Å². The van der Waals surface area contributed by atoms with Gasteiger partial charge in [0, 0.05) is 0 Å². The predicted molar refractivity (Wildman–Crippen MR) is 58.5 cm³/mol. The number of alkyl halides is 3. The molecule has 9 heteroatoms. The highest BCUT2D eigenvalue weighted by atomic mass is 32.2. The van der Waals surface area contributed by atoms with Gasteiger partial charge < -0.3 is 9.29 Å². The van der Waals surface area contributed by atoms with Crippen LogP contribution in [0.4, 0.5) is 13.2 Å². The number of rotatable bonds is 3. The van der Waals surface area contributed by atoms with Crippen molar-refractivity contribution in [2.75, 3.05) is 0 Å². The van der Waals surface area contributed by atoms with Gasteiger partial charge >= 0.3 is 21.6 Å². The Kier molecular flexibility index (Phi) is 3.80. The second-order valence-corrected chi connectivity index (χ2v) is 5.26. The Morgan fingerprint density at radius 2 is 1.63 bits per heavy atom. The molecule has 0 unspecified atom stereocenters. The summed E-state index contributed by atoms with van der Waals surface area (Å²) >= 11 is 0. The van der Waals surface area contributed by atoms with Crippen LogP contribution in [0.15, 0.2) is 12.1 Å². The van der Waals surface area contributed by atoms with Gasteiger partial charge in [-0.2, -0.15) is 21.6 Å². The number of hydrogen-bond acceptors (Lipinski definition) is 4. The molecule has 0 heterocycles. The highest BCUT2D eigenvalue weighted by molar-refractivity contribution is 7.88. The van der Waals surface area contributed by atoms with Crippen LogP contribution in [0.5, 0.6) is 5.75 Å². The van der Waals surface area contributed by atoms with Gasteiger partial charge in [-0.1, -0.05) is 0 Å². The molecule has 1 rings (SSSR count). The topological polar surface area (TPSA) is 80.7 Å². The summed E-state index contributed by atoms with van der Waals surface area (Å²) in [6.07, 6.45) is 0. The number of hydrogen-bond donors (Lipinski definition) is 1. The first-order valence-electron chi connectivity index (χ1n) is 4.81. The van der Waals surface area contributed by atoms with Gasteiger partial charge in [0.2, 0.25) is 0 Å². The van der Waals surface area contributed by atoms with Gasteiger partial charge in [-0.15, -0.1) is 0 Å². The molecule has 1 N–H and O–H groups in total. The van der Waals surface area contributed by atoms with Crippen molar-refractivity contribution < 1.29 is 35.7 Å². The van der Waals surface area contributed by atoms with Crippen molar-refractivity contribution in [1.82, 2.24) is 0 Å². The number of aromatic carboxylic acids is 1. The average molecular weight is 298 g/mol. The predicted octanol–water partition coefficient (Wildman–Crippen LogP) is 2.23. The van der Waals surface area contributed by atoms with Gasteiger partial charge in [0.05, 0.1) is 5.56 Å². The Morgan fingerprint density at radius 3 is 1.95 bits per heavy atom. The zero-order valence-electron chi connectivity index (χ0n) is 9.78. The van der Waals surface area contributed by atoms with E-state index in [0.717, 1.165) is 12.1 Å². The summed E-state index contributed by atoms with van der Waals surface area (Å²) in [5, 5.41) is 8.86. The van der Waals surface area contributed by atoms with E-state index >= 15 is 0 Å². The Hall–Kier alpha value is -1.77. The molecule has 0 bridgehead atoms. The van der Waals surface area contributed by atoms with E-state index in [9.17, 15) is 26.4 Å². The fourth-order valence-corrected chi connectivity index (χ4v) is 1.93. The minimum Gasteiger partial charge on any atom is -0.478 e. The molecule has 106 valence electrons. The van der Waals surface area contributed by atoms with Crippen LogP contribution >= 0.6 is 0 Å². The summed E-state index contributed by atoms with van der Waals surface area (Å²) in [4.78, 5) is 10.9. The first kappa shape index (κ1) is 15.3. The SMILES string of the molecule is Cc1cc(OS(=O)(=O)C(F)(F)F)cc(C)c1C(=O)O. The number of benzene rings is 1. The first-order valence-corrected chi connectivity index (χ1v) is 6.22. The van der Waals surface area contributed by atoms with Gasteiger partial charge in [0.25, 0.3) is 0 Å². The molecule has 0 fully saturated rings. The largest absolute Gasteiger partial charge is 0.534 e. The van der Waals surface area contributed by atoms with Crippen molar-refractivity contribution in [1.29, 1.82) is 0 Å². The molecule has 0 saturated heterocycles. The van der Waals surface area contributed by atoms with Gasteiger partial charge in [-0.25, -0.2) is 4.79 Å². The van der Waals surface area contributed by atoms with Crippen molar-refractivity contribution in [2.45, 2.75) is 19.4 Å². The molecule has 19 heavy (non-hydrogen) atoms. The van der Waals surface area contributed by atoms with Crippen molar-refractivity contribution in [3.63, 3.8) is 0 Å². The molecule has 0 aliphatic carbocycles. The molecular formula is C10H9F3O5S. The maximum absolute atomic E-state index is 12.1. The van der Waals surface area contributed by atoms with E-state index in [0.29, 0.717) is 0 Å². The first-order chi connectivity index (χ1) is 8.45. The van der Waals surface area contributed by atoms with E-state index < -0.39 is 27.3 Å². The molecule has 0 saturated carbocycles. The molecule has 5 nitrogen and oxygen atoms in total. The summed E-state index contributed by atoms with van der Waals surface area (Å²) in [6, 6.07) is 1.83. The van der Waals surface area contributed by atoms with Crippen LogP contribution in [0.2, 0.25) is 0 Å². The molecule has 0 spiro atoms. The van der Waals surface area contributed by atoms with Gasteiger partial charge in [-0.3, -0.25) is 0 Å². The highest BCUT2D eigenvalue weighted by Crippen LogP contribution is 2.29. The van der Waals surface area contributed by atoms with Gasteiger partial charge in [-0.05, 0) is 37.1 Å². The smallest absolute Gasteiger partial charge is 0.478 e. The standard InChI is InChI=1S/C10H9F3O5S/c1-5-3-7(4-6(2)8(5)9(14)15)18-19(16,17)10(11,12)13/h3-4H,1-2H3,(H,14,15). The molecule has 0 atom stereocenters. The Labute approximate surface area is 106 Å². The maximum Gasteiger partial charge on any atom is 0.534 e. The van der Waals surface area contributed by atoms with Crippen LogP contribution in [-0.4, -0.2) is 25.0 Å². The number of carbonyl (C=O) groups is 1. The van der Waals surface area contributed by atoms with Gasteiger partial charge in [0.15, 0.2) is 0 Å². The molecule has 0 aliphatic rings. The van der Waals surface area contributed by atoms with Crippen molar-refractivity contribution >= 4 is 16.1 Å². The third kappa shape index (κ3) is 3.16. The van der Waals surface area contributed by atoms with Crippen LogP contribution in [0.1, 0.15) is 21.5 Å². The van der Waals surface area contributed by atoms with Crippen LogP contribution in [0.3, 0.4) is 0 Å². The minimum atomic E-state index is -5.76. The van der Waals surface area contributed by atoms with E-state index in [1.54, 1.807) is 0 Å². The lowest BCUT2D eigenvalue weighted by atomic mass is 10.0. The second-order valence-electron chi connectivity index (χ2n) is 3.72. The molecular weight excluding hydrogens is 289 g/mol. The van der Waals surface area contributed by atoms with Crippen molar-refractivity contribution in [3.8, 4) is 5.75 Å². The molecule has 0 amide bonds. The van der Waals surface area contributed by atoms with E-state index in [1.807, 2.05) is 0 Å². The summed E-state index contributed by atoms with van der Waals surface area (Å²) < 4.78 is 61.9. The van der Waals surface area contributed by atoms with E-state index in [2.05, 4.69) is 4.18 Å². The van der Waals surface area contributed by atoms with E-state index in [-0.39, 0.29) is 16.7 Å². The second kappa shape index (κ2) is 4.72. The Balaban J connectivity index is 3.24. The lowest BCUT2D eigenvalue weighted by Crippen LogP contribution is -2.28. The highest BCUT2D eigenvalue weighted by Gasteiger charge is 2.48. The van der Waals surface area contributed by atoms with Crippen LogP contribution < -0.4 is 4.18 Å². The quantitative estimate of drug-likeness (QED) is 0.683. The van der Waals surface area contributed by atoms with Gasteiger partial charge in [0.1, 0.15) is 5.75 Å². The third-order valence-electron chi connectivity index (χ3n) is 2.21. The summed E-state index contributed by atoms with van der Waals surface area (Å²) in [7, 11) is -5.76. The number of carboxylic acid groups (broad SMARTS) is 1. The molecule has 0 aliphatic heterocycles. The van der Waals surface area contributed by atoms with Crippen LogP contribution in [0, 0.1) is 13.8 Å². The van der Waals surface area contributed by atoms with Crippen LogP contribution in [0.25, 0.3) is 0 Å². The normalized spacial score (nSPS) is 12.3. The third-order valence-corrected chi connectivity index (χ3v) is 3.19. The Morgan fingerprint density at radius 1 is 1.21 bits per heavy atom. The van der Waals surface area contributed by atoms with Crippen LogP contribution in [-0.2, 0) is 10.1 Å². The minimum absolute atomic E-state index is 0.0971. The molecule has 0 aromatic heterocycles. The van der Waals surface area contributed by atoms with Crippen molar-refractivity contribution in [2.24, 2.45) is 0 Å². The summed E-state index contributed by atoms with van der Waals surface area (Å²) in [6.45, 7) is 2.65. The summed E-state index contributed by atoms with van der Waals surface area (Å²) in [5.41, 5.74) is -5.46.